The minimum Gasteiger partial charge on any atom is -0.352 e. The molecule has 0 aromatic carbocycles. The highest BCUT2D eigenvalue weighted by molar-refractivity contribution is 7.89. The lowest BCUT2D eigenvalue weighted by atomic mass is 10.3. The van der Waals surface area contributed by atoms with E-state index in [4.69, 9.17) is 11.6 Å². The van der Waals surface area contributed by atoms with Gasteiger partial charge in [0.25, 0.3) is 0 Å². The third-order valence-electron chi connectivity index (χ3n) is 3.10. The van der Waals surface area contributed by atoms with Crippen LogP contribution in [0.15, 0.2) is 29.3 Å². The molecule has 1 atom stereocenters. The normalized spacial score (nSPS) is 13.5. The Balaban J connectivity index is 2.20. The number of aryl methyl sites for hydroxylation is 1. The molecule has 0 saturated carbocycles. The molecular weight excluding hydrogens is 330 g/mol. The van der Waals surface area contributed by atoms with Crippen LogP contribution in [0.3, 0.4) is 0 Å². The topological polar surface area (TPSA) is 63.1 Å². The molecule has 2 rings (SSSR count). The van der Waals surface area contributed by atoms with Gasteiger partial charge in [0.05, 0.1) is 15.3 Å². The van der Waals surface area contributed by atoms with Crippen LogP contribution in [0.4, 0.5) is 0 Å². The van der Waals surface area contributed by atoms with Crippen molar-refractivity contribution in [2.24, 2.45) is 7.05 Å². The van der Waals surface area contributed by atoms with E-state index in [0.29, 0.717) is 10.9 Å². The zero-order valence-electron chi connectivity index (χ0n) is 12.1. The van der Waals surface area contributed by atoms with Crippen molar-refractivity contribution in [2.75, 3.05) is 7.05 Å². The van der Waals surface area contributed by atoms with Gasteiger partial charge in [-0.3, -0.25) is 0 Å². The van der Waals surface area contributed by atoms with Crippen molar-refractivity contribution in [3.63, 3.8) is 0 Å². The van der Waals surface area contributed by atoms with Crippen molar-refractivity contribution in [1.82, 2.24) is 14.6 Å². The van der Waals surface area contributed by atoms with Crippen molar-refractivity contribution in [3.8, 4) is 0 Å². The zero-order valence-corrected chi connectivity index (χ0v) is 14.4. The summed E-state index contributed by atoms with van der Waals surface area (Å²) >= 11 is 7.25. The number of nitrogens with one attached hydrogen (secondary N) is 2. The Morgan fingerprint density at radius 3 is 2.71 bits per heavy atom. The van der Waals surface area contributed by atoms with Crippen LogP contribution in [0.5, 0.6) is 0 Å². The van der Waals surface area contributed by atoms with Gasteiger partial charge in [-0.05, 0) is 32.2 Å². The molecule has 0 fully saturated rings. The number of hydrogen-bond donors (Lipinski definition) is 2. The summed E-state index contributed by atoms with van der Waals surface area (Å²) < 4.78 is 30.0. The Hall–Kier alpha value is -0.860. The third kappa shape index (κ3) is 3.87. The molecule has 0 radical (unpaired) electrons. The van der Waals surface area contributed by atoms with E-state index >= 15 is 0 Å². The summed E-state index contributed by atoms with van der Waals surface area (Å²) in [5, 5.41) is 3.01. The Labute approximate surface area is 134 Å². The Kier molecular flexibility index (Phi) is 5.11. The SMILES string of the molecule is CNCc1cc(S(=O)(=O)NC(C)c2ccc(Cl)s2)cn1C. The number of nitrogens with zero attached hydrogens (tertiary/aromatic N) is 1. The molecule has 0 saturated heterocycles. The molecule has 5 nitrogen and oxygen atoms in total. The molecule has 2 N–H and O–H groups in total. The maximum absolute atomic E-state index is 12.4. The van der Waals surface area contributed by atoms with Crippen molar-refractivity contribution in [2.45, 2.75) is 24.4 Å². The number of thiophene rings is 1. The number of sulfonamides is 1. The van der Waals surface area contributed by atoms with Crippen LogP contribution in [-0.2, 0) is 23.6 Å². The summed E-state index contributed by atoms with van der Waals surface area (Å²) in [5.74, 6) is 0. The molecule has 116 valence electrons. The molecular formula is C13H18ClN3O2S2. The molecule has 2 heterocycles. The standard InChI is InChI=1S/C13H18ClN3O2S2/c1-9(12-4-5-13(14)20-12)16-21(18,19)11-6-10(7-15-2)17(3)8-11/h4-6,8-9,15-16H,7H2,1-3H3. The van der Waals surface area contributed by atoms with Gasteiger partial charge < -0.3 is 9.88 Å². The highest BCUT2D eigenvalue weighted by Crippen LogP contribution is 2.27. The second kappa shape index (κ2) is 6.50. The predicted molar refractivity (Wildman–Crippen MR) is 86.2 cm³/mol. The summed E-state index contributed by atoms with van der Waals surface area (Å²) in [4.78, 5) is 1.15. The van der Waals surface area contributed by atoms with Gasteiger partial charge in [0.1, 0.15) is 0 Å². The summed E-state index contributed by atoms with van der Waals surface area (Å²) in [6.07, 6.45) is 1.61. The fourth-order valence-electron chi connectivity index (χ4n) is 2.00. The van der Waals surface area contributed by atoms with Crippen molar-refractivity contribution < 1.29 is 8.42 Å². The predicted octanol–water partition coefficient (Wildman–Crippen LogP) is 2.50. The first-order valence-electron chi connectivity index (χ1n) is 6.41. The number of rotatable bonds is 6. The highest BCUT2D eigenvalue weighted by Gasteiger charge is 2.21. The average Bonchev–Trinajstić information content (AvgIpc) is 2.97. The molecule has 0 aliphatic rings. The summed E-state index contributed by atoms with van der Waals surface area (Å²) in [7, 11) is 0.0956. The van der Waals surface area contributed by atoms with Gasteiger partial charge in [0.15, 0.2) is 0 Å². The Bertz CT molecular complexity index is 722. The van der Waals surface area contributed by atoms with E-state index in [-0.39, 0.29) is 10.9 Å². The van der Waals surface area contributed by atoms with Gasteiger partial charge in [-0.1, -0.05) is 11.6 Å². The van der Waals surface area contributed by atoms with Crippen LogP contribution in [0, 0.1) is 0 Å². The van der Waals surface area contributed by atoms with Gasteiger partial charge >= 0.3 is 0 Å². The van der Waals surface area contributed by atoms with E-state index in [2.05, 4.69) is 10.0 Å². The molecule has 0 aliphatic heterocycles. The third-order valence-corrected chi connectivity index (χ3v) is 6.03. The maximum atomic E-state index is 12.4. The lowest BCUT2D eigenvalue weighted by Gasteiger charge is -2.11. The minimum absolute atomic E-state index is 0.268. The van der Waals surface area contributed by atoms with E-state index in [9.17, 15) is 8.42 Å². The molecule has 2 aromatic heterocycles. The van der Waals surface area contributed by atoms with Gasteiger partial charge in [-0.15, -0.1) is 11.3 Å². The number of hydrogen-bond acceptors (Lipinski definition) is 4. The van der Waals surface area contributed by atoms with Gasteiger partial charge in [-0.25, -0.2) is 13.1 Å². The first kappa shape index (κ1) is 16.5. The van der Waals surface area contributed by atoms with Gasteiger partial charge in [0.2, 0.25) is 10.0 Å². The van der Waals surface area contributed by atoms with Crippen LogP contribution in [0.25, 0.3) is 0 Å². The van der Waals surface area contributed by atoms with Crippen LogP contribution in [0.1, 0.15) is 23.5 Å². The minimum atomic E-state index is -3.55. The lowest BCUT2D eigenvalue weighted by Crippen LogP contribution is -2.26. The fraction of sp³-hybridized carbons (Fsp3) is 0.385. The Morgan fingerprint density at radius 2 is 2.14 bits per heavy atom. The highest BCUT2D eigenvalue weighted by atomic mass is 35.5. The Morgan fingerprint density at radius 1 is 1.43 bits per heavy atom. The van der Waals surface area contributed by atoms with Crippen molar-refractivity contribution in [1.29, 1.82) is 0 Å². The van der Waals surface area contributed by atoms with E-state index in [1.165, 1.54) is 11.3 Å². The van der Waals surface area contributed by atoms with E-state index < -0.39 is 10.0 Å². The van der Waals surface area contributed by atoms with Crippen molar-refractivity contribution >= 4 is 33.0 Å². The first-order valence-corrected chi connectivity index (χ1v) is 9.08. The van der Waals surface area contributed by atoms with Crippen LogP contribution < -0.4 is 10.0 Å². The molecule has 0 aliphatic carbocycles. The number of halogens is 1. The molecule has 0 spiro atoms. The summed E-state index contributed by atoms with van der Waals surface area (Å²) in [6.45, 7) is 2.42. The fourth-order valence-corrected chi connectivity index (χ4v) is 4.46. The van der Waals surface area contributed by atoms with Gasteiger partial charge in [-0.2, -0.15) is 0 Å². The molecule has 1 unspecified atom stereocenters. The monoisotopic (exact) mass is 347 g/mol. The molecule has 8 heteroatoms. The van der Waals surface area contributed by atoms with E-state index in [0.717, 1.165) is 10.6 Å². The zero-order chi connectivity index (χ0) is 15.6. The average molecular weight is 348 g/mol. The van der Waals surface area contributed by atoms with E-state index in [1.54, 1.807) is 29.8 Å². The largest absolute Gasteiger partial charge is 0.352 e. The second-order valence-electron chi connectivity index (χ2n) is 4.79. The summed E-state index contributed by atoms with van der Waals surface area (Å²) in [5.41, 5.74) is 0.907. The molecule has 0 amide bonds. The smallest absolute Gasteiger partial charge is 0.242 e. The maximum Gasteiger partial charge on any atom is 0.242 e. The summed E-state index contributed by atoms with van der Waals surface area (Å²) in [6, 6.07) is 4.95. The van der Waals surface area contributed by atoms with Gasteiger partial charge in [0, 0.05) is 30.4 Å². The first-order chi connectivity index (χ1) is 9.83. The quantitative estimate of drug-likeness (QED) is 0.844. The van der Waals surface area contributed by atoms with Crippen LogP contribution >= 0.6 is 22.9 Å². The second-order valence-corrected chi connectivity index (χ2v) is 8.25. The number of aromatic nitrogens is 1. The van der Waals surface area contributed by atoms with Crippen molar-refractivity contribution in [3.05, 3.63) is 39.3 Å². The van der Waals surface area contributed by atoms with E-state index in [1.807, 2.05) is 20.2 Å². The molecule has 21 heavy (non-hydrogen) atoms. The molecule has 2 aromatic rings. The lowest BCUT2D eigenvalue weighted by molar-refractivity contribution is 0.568. The van der Waals surface area contributed by atoms with Crippen LogP contribution in [0.2, 0.25) is 4.34 Å². The van der Waals surface area contributed by atoms with Crippen LogP contribution in [-0.4, -0.2) is 20.0 Å². The molecule has 0 bridgehead atoms.